The molecule has 0 atom stereocenters. The van der Waals surface area contributed by atoms with Gasteiger partial charge in [-0.2, -0.15) is 8.42 Å². The van der Waals surface area contributed by atoms with Crippen LogP contribution < -0.4 is 0 Å². The van der Waals surface area contributed by atoms with Gasteiger partial charge in [-0.1, -0.05) is 18.5 Å². The Labute approximate surface area is 125 Å². The second-order valence-electron chi connectivity index (χ2n) is 4.88. The minimum absolute atomic E-state index is 0.191. The summed E-state index contributed by atoms with van der Waals surface area (Å²) in [6.45, 7) is 3.83. The van der Waals surface area contributed by atoms with Crippen molar-refractivity contribution in [1.82, 2.24) is 4.90 Å². The molecule has 0 N–H and O–H groups in total. The van der Waals surface area contributed by atoms with E-state index in [1.54, 1.807) is 12.1 Å². The molecule has 110 valence electrons. The summed E-state index contributed by atoms with van der Waals surface area (Å²) in [7, 11) is -3.64. The summed E-state index contributed by atoms with van der Waals surface area (Å²) >= 11 is 5.78. The lowest BCUT2D eigenvalue weighted by Gasteiger charge is -2.29. The Hall–Kier alpha value is -1.07. The third kappa shape index (κ3) is 3.73. The quantitative estimate of drug-likeness (QED) is 0.856. The molecule has 1 saturated heterocycles. The van der Waals surface area contributed by atoms with Crippen molar-refractivity contribution in [3.63, 3.8) is 0 Å². The summed E-state index contributed by atoms with van der Waals surface area (Å²) < 4.78 is 28.6. The number of amidine groups is 1. The third-order valence-electron chi connectivity index (χ3n) is 3.27. The van der Waals surface area contributed by atoms with Gasteiger partial charge in [0, 0.05) is 24.5 Å². The second-order valence-corrected chi connectivity index (χ2v) is 6.92. The molecule has 0 aromatic heterocycles. The highest BCUT2D eigenvalue weighted by atomic mass is 35.5. The number of nitrogens with zero attached hydrogens (tertiary/aromatic N) is 2. The normalized spacial score (nSPS) is 18.5. The fourth-order valence-corrected chi connectivity index (χ4v) is 3.48. The predicted molar refractivity (Wildman–Crippen MR) is 81.8 cm³/mol. The Balaban J connectivity index is 2.28. The fourth-order valence-electron chi connectivity index (χ4n) is 2.29. The minimum Gasteiger partial charge on any atom is -0.359 e. The van der Waals surface area contributed by atoms with Gasteiger partial charge < -0.3 is 4.90 Å². The number of hydrogen-bond acceptors (Lipinski definition) is 2. The van der Waals surface area contributed by atoms with Crippen molar-refractivity contribution in [2.45, 2.75) is 37.5 Å². The molecule has 0 spiro atoms. The van der Waals surface area contributed by atoms with E-state index in [2.05, 4.69) is 16.2 Å². The molecular formula is C14H19ClN2O2S. The highest BCUT2D eigenvalue weighted by molar-refractivity contribution is 7.90. The highest BCUT2D eigenvalue weighted by Crippen LogP contribution is 2.19. The Morgan fingerprint density at radius 2 is 1.95 bits per heavy atom. The first-order valence-corrected chi connectivity index (χ1v) is 8.69. The Bertz CT molecular complexity index is 580. The first-order chi connectivity index (χ1) is 9.53. The van der Waals surface area contributed by atoms with Gasteiger partial charge in [0.15, 0.2) is 0 Å². The zero-order valence-electron chi connectivity index (χ0n) is 11.5. The van der Waals surface area contributed by atoms with Gasteiger partial charge in [-0.05, 0) is 43.5 Å². The average Bonchev–Trinajstić information content (AvgIpc) is 2.41. The smallest absolute Gasteiger partial charge is 0.283 e. The van der Waals surface area contributed by atoms with Crippen LogP contribution in [0.15, 0.2) is 33.6 Å². The molecule has 2 rings (SSSR count). The molecule has 0 aliphatic carbocycles. The van der Waals surface area contributed by atoms with Crippen LogP contribution >= 0.6 is 11.6 Å². The van der Waals surface area contributed by atoms with E-state index in [0.29, 0.717) is 10.9 Å². The highest BCUT2D eigenvalue weighted by Gasteiger charge is 2.20. The van der Waals surface area contributed by atoms with E-state index in [1.165, 1.54) is 12.1 Å². The van der Waals surface area contributed by atoms with Crippen LogP contribution in [0, 0.1) is 0 Å². The molecule has 1 aliphatic heterocycles. The summed E-state index contributed by atoms with van der Waals surface area (Å²) in [6.07, 6.45) is 3.81. The summed E-state index contributed by atoms with van der Waals surface area (Å²) in [6, 6.07) is 6.13. The Kier molecular flexibility index (Phi) is 5.05. The van der Waals surface area contributed by atoms with Crippen LogP contribution in [0.2, 0.25) is 5.02 Å². The van der Waals surface area contributed by atoms with Crippen LogP contribution in [0.1, 0.15) is 32.6 Å². The molecule has 0 saturated carbocycles. The van der Waals surface area contributed by atoms with E-state index in [4.69, 9.17) is 11.6 Å². The van der Waals surface area contributed by atoms with Gasteiger partial charge in [-0.15, -0.1) is 4.40 Å². The summed E-state index contributed by atoms with van der Waals surface area (Å²) in [5.41, 5.74) is 0. The maximum atomic E-state index is 12.3. The lowest BCUT2D eigenvalue weighted by Crippen LogP contribution is -2.36. The van der Waals surface area contributed by atoms with Gasteiger partial charge in [-0.3, -0.25) is 0 Å². The number of sulfonamides is 1. The van der Waals surface area contributed by atoms with Gasteiger partial charge in [-0.25, -0.2) is 0 Å². The second kappa shape index (κ2) is 6.59. The largest absolute Gasteiger partial charge is 0.359 e. The summed E-state index contributed by atoms with van der Waals surface area (Å²) in [4.78, 5) is 2.27. The van der Waals surface area contributed by atoms with E-state index in [-0.39, 0.29) is 4.90 Å². The number of benzene rings is 1. The van der Waals surface area contributed by atoms with Crippen LogP contribution in [0.3, 0.4) is 0 Å². The predicted octanol–water partition coefficient (Wildman–Crippen LogP) is 3.32. The molecule has 0 unspecified atom stereocenters. The van der Waals surface area contributed by atoms with Crippen molar-refractivity contribution in [2.75, 3.05) is 13.1 Å². The van der Waals surface area contributed by atoms with Crippen LogP contribution in [0.5, 0.6) is 0 Å². The molecule has 1 aliphatic rings. The minimum atomic E-state index is -3.64. The molecule has 1 heterocycles. The molecule has 0 radical (unpaired) electrons. The maximum Gasteiger partial charge on any atom is 0.283 e. The van der Waals surface area contributed by atoms with Crippen LogP contribution in [-0.4, -0.2) is 32.2 Å². The third-order valence-corrected chi connectivity index (χ3v) is 4.84. The van der Waals surface area contributed by atoms with Gasteiger partial charge in [0.25, 0.3) is 10.0 Å². The maximum absolute atomic E-state index is 12.3. The van der Waals surface area contributed by atoms with Crippen LogP contribution in [0.25, 0.3) is 0 Å². The number of rotatable bonds is 4. The van der Waals surface area contributed by atoms with Gasteiger partial charge in [0.2, 0.25) is 0 Å². The van der Waals surface area contributed by atoms with Gasteiger partial charge in [0.05, 0.1) is 4.90 Å². The van der Waals surface area contributed by atoms with Crippen LogP contribution in [0.4, 0.5) is 0 Å². The van der Waals surface area contributed by atoms with Gasteiger partial charge >= 0.3 is 0 Å². The van der Waals surface area contributed by atoms with Crippen molar-refractivity contribution in [3.05, 3.63) is 29.3 Å². The molecule has 20 heavy (non-hydrogen) atoms. The molecule has 1 aromatic rings. The SMILES string of the molecule is CCCN1CCCC/C1=N\S(=O)(=O)c1ccc(Cl)cc1. The number of piperidine rings is 1. The Morgan fingerprint density at radius 1 is 1.25 bits per heavy atom. The number of likely N-dealkylation sites (tertiary alicyclic amines) is 1. The number of hydrogen-bond donors (Lipinski definition) is 0. The van der Waals surface area contributed by atoms with Gasteiger partial charge in [0.1, 0.15) is 5.84 Å². The first kappa shape index (κ1) is 15.3. The molecule has 1 fully saturated rings. The van der Waals surface area contributed by atoms with E-state index < -0.39 is 10.0 Å². The van der Waals surface area contributed by atoms with E-state index in [1.807, 2.05) is 0 Å². The molecule has 0 bridgehead atoms. The first-order valence-electron chi connectivity index (χ1n) is 6.87. The molecule has 1 aromatic carbocycles. The summed E-state index contributed by atoms with van der Waals surface area (Å²) in [5, 5.41) is 0.516. The van der Waals surface area contributed by atoms with Crippen LogP contribution in [-0.2, 0) is 10.0 Å². The fraction of sp³-hybridized carbons (Fsp3) is 0.500. The van der Waals surface area contributed by atoms with Crippen molar-refractivity contribution >= 4 is 27.5 Å². The van der Waals surface area contributed by atoms with E-state index >= 15 is 0 Å². The molecular weight excluding hydrogens is 296 g/mol. The molecule has 4 nitrogen and oxygen atoms in total. The van der Waals surface area contributed by atoms with Crippen molar-refractivity contribution < 1.29 is 8.42 Å². The van der Waals surface area contributed by atoms with E-state index in [0.717, 1.165) is 38.8 Å². The van der Waals surface area contributed by atoms with Crippen molar-refractivity contribution in [3.8, 4) is 0 Å². The standard InChI is InChI=1S/C14H19ClN2O2S/c1-2-10-17-11-4-3-5-14(17)16-20(18,19)13-8-6-12(15)7-9-13/h6-9H,2-5,10-11H2,1H3/b16-14+. The zero-order valence-corrected chi connectivity index (χ0v) is 13.1. The van der Waals surface area contributed by atoms with E-state index in [9.17, 15) is 8.42 Å². The average molecular weight is 315 g/mol. The number of halogens is 1. The lowest BCUT2D eigenvalue weighted by molar-refractivity contribution is 0.370. The van der Waals surface area contributed by atoms with Crippen molar-refractivity contribution in [1.29, 1.82) is 0 Å². The zero-order chi connectivity index (χ0) is 14.6. The molecule has 0 amide bonds. The molecule has 6 heteroatoms. The lowest BCUT2D eigenvalue weighted by atomic mass is 10.1. The van der Waals surface area contributed by atoms with Crippen molar-refractivity contribution in [2.24, 2.45) is 4.40 Å². The summed E-state index contributed by atoms with van der Waals surface area (Å²) in [5.74, 6) is 0.688. The Morgan fingerprint density at radius 3 is 2.60 bits per heavy atom. The monoisotopic (exact) mass is 314 g/mol. The topological polar surface area (TPSA) is 49.7 Å².